The third-order valence-corrected chi connectivity index (χ3v) is 4.51. The van der Waals surface area contributed by atoms with E-state index in [-0.39, 0.29) is 17.2 Å². The summed E-state index contributed by atoms with van der Waals surface area (Å²) < 4.78 is 5.13. The number of carbonyl (C=O) groups excluding carboxylic acids is 1. The summed E-state index contributed by atoms with van der Waals surface area (Å²) in [7, 11) is 1.64. The van der Waals surface area contributed by atoms with E-state index in [1.165, 1.54) is 0 Å². The molecule has 116 valence electrons. The minimum atomic E-state index is -0.153. The maximum atomic E-state index is 12.3. The SMILES string of the molecule is COc1ccc(SC(C)C(=O)NC(C)c2ccccc2)cc1. The molecule has 2 aromatic carbocycles. The smallest absolute Gasteiger partial charge is 0.233 e. The van der Waals surface area contributed by atoms with Gasteiger partial charge in [-0.25, -0.2) is 0 Å². The van der Waals surface area contributed by atoms with Crippen LogP contribution < -0.4 is 10.1 Å². The fourth-order valence-electron chi connectivity index (χ4n) is 2.07. The lowest BCUT2D eigenvalue weighted by Gasteiger charge is -2.17. The average Bonchev–Trinajstić information content (AvgIpc) is 2.56. The number of methoxy groups -OCH3 is 1. The van der Waals surface area contributed by atoms with Gasteiger partial charge in [-0.1, -0.05) is 30.3 Å². The van der Waals surface area contributed by atoms with Crippen LogP contribution in [0.3, 0.4) is 0 Å². The fraction of sp³-hybridized carbons (Fsp3) is 0.278. The van der Waals surface area contributed by atoms with Crippen molar-refractivity contribution in [1.29, 1.82) is 0 Å². The predicted octanol–water partition coefficient (Wildman–Crippen LogP) is 4.05. The number of thioether (sulfide) groups is 1. The molecule has 0 saturated carbocycles. The first-order chi connectivity index (χ1) is 10.6. The van der Waals surface area contributed by atoms with Crippen molar-refractivity contribution in [2.75, 3.05) is 7.11 Å². The standard InChI is InChI=1S/C18H21NO2S/c1-13(15-7-5-4-6-8-15)19-18(20)14(2)22-17-11-9-16(21-3)10-12-17/h4-14H,1-3H3,(H,19,20). The second kappa shape index (κ2) is 7.90. The topological polar surface area (TPSA) is 38.3 Å². The molecule has 0 aliphatic heterocycles. The van der Waals surface area contributed by atoms with Crippen molar-refractivity contribution in [3.05, 3.63) is 60.2 Å². The Bertz CT molecular complexity index is 598. The van der Waals surface area contributed by atoms with Gasteiger partial charge in [0.1, 0.15) is 5.75 Å². The Morgan fingerprint density at radius 3 is 2.27 bits per heavy atom. The van der Waals surface area contributed by atoms with E-state index in [2.05, 4.69) is 5.32 Å². The third-order valence-electron chi connectivity index (χ3n) is 3.40. The number of ether oxygens (including phenoxy) is 1. The summed E-state index contributed by atoms with van der Waals surface area (Å²) in [6, 6.07) is 17.7. The van der Waals surface area contributed by atoms with Crippen molar-refractivity contribution in [2.45, 2.75) is 30.0 Å². The second-order valence-electron chi connectivity index (χ2n) is 5.08. The van der Waals surface area contributed by atoms with Crippen LogP contribution in [0.25, 0.3) is 0 Å². The monoisotopic (exact) mass is 315 g/mol. The van der Waals surface area contributed by atoms with Gasteiger partial charge in [0, 0.05) is 4.90 Å². The van der Waals surface area contributed by atoms with Gasteiger partial charge < -0.3 is 10.1 Å². The molecule has 0 aliphatic rings. The van der Waals surface area contributed by atoms with Crippen LogP contribution in [0.5, 0.6) is 5.75 Å². The van der Waals surface area contributed by atoms with E-state index >= 15 is 0 Å². The molecule has 2 unspecified atom stereocenters. The zero-order chi connectivity index (χ0) is 15.9. The van der Waals surface area contributed by atoms with E-state index in [4.69, 9.17) is 4.74 Å². The van der Waals surface area contributed by atoms with Gasteiger partial charge in [-0.3, -0.25) is 4.79 Å². The third kappa shape index (κ3) is 4.53. The van der Waals surface area contributed by atoms with E-state index in [9.17, 15) is 4.79 Å². The van der Waals surface area contributed by atoms with Gasteiger partial charge in [-0.05, 0) is 43.7 Å². The molecule has 0 spiro atoms. The van der Waals surface area contributed by atoms with Crippen molar-refractivity contribution in [3.8, 4) is 5.75 Å². The van der Waals surface area contributed by atoms with Crippen LogP contribution in [0.4, 0.5) is 0 Å². The molecular formula is C18H21NO2S. The number of hydrogen-bond donors (Lipinski definition) is 1. The minimum absolute atomic E-state index is 0.00705. The van der Waals surface area contributed by atoms with Crippen molar-refractivity contribution in [1.82, 2.24) is 5.32 Å². The van der Waals surface area contributed by atoms with Crippen LogP contribution in [0.2, 0.25) is 0 Å². The Labute approximate surface area is 136 Å². The largest absolute Gasteiger partial charge is 0.497 e. The summed E-state index contributed by atoms with van der Waals surface area (Å²) in [5, 5.41) is 2.90. The van der Waals surface area contributed by atoms with E-state index in [1.54, 1.807) is 18.9 Å². The molecule has 4 heteroatoms. The van der Waals surface area contributed by atoms with Gasteiger partial charge in [0.2, 0.25) is 5.91 Å². The lowest BCUT2D eigenvalue weighted by Crippen LogP contribution is -2.33. The predicted molar refractivity (Wildman–Crippen MR) is 91.3 cm³/mol. The first-order valence-electron chi connectivity index (χ1n) is 7.26. The van der Waals surface area contributed by atoms with E-state index in [1.807, 2.05) is 68.4 Å². The van der Waals surface area contributed by atoms with E-state index in [0.29, 0.717) is 0 Å². The molecular weight excluding hydrogens is 294 g/mol. The Morgan fingerprint density at radius 1 is 1.05 bits per heavy atom. The molecule has 0 aromatic heterocycles. The summed E-state index contributed by atoms with van der Waals surface area (Å²) >= 11 is 1.54. The van der Waals surface area contributed by atoms with Crippen LogP contribution in [0.15, 0.2) is 59.5 Å². The van der Waals surface area contributed by atoms with Crippen molar-refractivity contribution < 1.29 is 9.53 Å². The molecule has 0 saturated heterocycles. The number of hydrogen-bond acceptors (Lipinski definition) is 3. The van der Waals surface area contributed by atoms with E-state index < -0.39 is 0 Å². The quantitative estimate of drug-likeness (QED) is 0.817. The molecule has 1 N–H and O–H groups in total. The summed E-state index contributed by atoms with van der Waals surface area (Å²) in [6.45, 7) is 3.92. The van der Waals surface area contributed by atoms with Gasteiger partial charge >= 0.3 is 0 Å². The number of nitrogens with one attached hydrogen (secondary N) is 1. The lowest BCUT2D eigenvalue weighted by molar-refractivity contribution is -0.120. The highest BCUT2D eigenvalue weighted by Crippen LogP contribution is 2.26. The van der Waals surface area contributed by atoms with Crippen molar-refractivity contribution >= 4 is 17.7 Å². The summed E-state index contributed by atoms with van der Waals surface area (Å²) in [5.74, 6) is 0.858. The number of benzene rings is 2. The number of rotatable bonds is 6. The van der Waals surface area contributed by atoms with Crippen LogP contribution >= 0.6 is 11.8 Å². The first kappa shape index (κ1) is 16.4. The van der Waals surface area contributed by atoms with Gasteiger partial charge in [-0.15, -0.1) is 11.8 Å². The molecule has 1 amide bonds. The van der Waals surface area contributed by atoms with Gasteiger partial charge in [-0.2, -0.15) is 0 Å². The number of carbonyl (C=O) groups is 1. The summed E-state index contributed by atoms with van der Waals surface area (Å²) in [6.07, 6.45) is 0. The summed E-state index contributed by atoms with van der Waals surface area (Å²) in [5.41, 5.74) is 1.11. The zero-order valence-corrected chi connectivity index (χ0v) is 13.9. The molecule has 0 bridgehead atoms. The number of amides is 1. The average molecular weight is 315 g/mol. The van der Waals surface area contributed by atoms with Crippen LogP contribution in [-0.2, 0) is 4.79 Å². The zero-order valence-electron chi connectivity index (χ0n) is 13.1. The highest BCUT2D eigenvalue weighted by Gasteiger charge is 2.17. The maximum absolute atomic E-state index is 12.3. The normalized spacial score (nSPS) is 13.2. The highest BCUT2D eigenvalue weighted by atomic mass is 32.2. The lowest BCUT2D eigenvalue weighted by atomic mass is 10.1. The molecule has 22 heavy (non-hydrogen) atoms. The molecule has 0 fully saturated rings. The molecule has 2 aromatic rings. The van der Waals surface area contributed by atoms with Crippen molar-refractivity contribution in [3.63, 3.8) is 0 Å². The molecule has 2 atom stereocenters. The second-order valence-corrected chi connectivity index (χ2v) is 6.49. The van der Waals surface area contributed by atoms with Gasteiger partial charge in [0.25, 0.3) is 0 Å². The molecule has 0 radical (unpaired) electrons. The van der Waals surface area contributed by atoms with Crippen LogP contribution in [-0.4, -0.2) is 18.3 Å². The minimum Gasteiger partial charge on any atom is -0.497 e. The molecule has 0 aliphatic carbocycles. The Kier molecular flexibility index (Phi) is 5.90. The Balaban J connectivity index is 1.91. The maximum Gasteiger partial charge on any atom is 0.233 e. The van der Waals surface area contributed by atoms with E-state index in [0.717, 1.165) is 16.2 Å². The van der Waals surface area contributed by atoms with Gasteiger partial charge in [0.05, 0.1) is 18.4 Å². The van der Waals surface area contributed by atoms with Crippen LogP contribution in [0.1, 0.15) is 25.5 Å². The van der Waals surface area contributed by atoms with Gasteiger partial charge in [0.15, 0.2) is 0 Å². The molecule has 2 rings (SSSR count). The molecule has 0 heterocycles. The van der Waals surface area contributed by atoms with Crippen LogP contribution in [0, 0.1) is 0 Å². The fourth-order valence-corrected chi connectivity index (χ4v) is 2.94. The summed E-state index contributed by atoms with van der Waals surface area (Å²) in [4.78, 5) is 13.3. The highest BCUT2D eigenvalue weighted by molar-refractivity contribution is 8.00. The molecule has 3 nitrogen and oxygen atoms in total. The first-order valence-corrected chi connectivity index (χ1v) is 8.14. The Hall–Kier alpha value is -1.94. The van der Waals surface area contributed by atoms with Crippen molar-refractivity contribution in [2.24, 2.45) is 0 Å². The Morgan fingerprint density at radius 2 is 1.68 bits per heavy atom.